The SMILES string of the molecule is CCC(C)(CCO)NS(=O)(=O)c1ccc(F)cc1Cl. The summed E-state index contributed by atoms with van der Waals surface area (Å²) >= 11 is 5.75. The third kappa shape index (κ3) is 4.14. The van der Waals surface area contributed by atoms with Gasteiger partial charge < -0.3 is 5.11 Å². The Bertz CT molecular complexity index is 550. The van der Waals surface area contributed by atoms with E-state index in [2.05, 4.69) is 4.72 Å². The summed E-state index contributed by atoms with van der Waals surface area (Å²) in [7, 11) is -3.86. The van der Waals surface area contributed by atoms with Crippen LogP contribution in [0, 0.1) is 5.82 Å². The molecule has 1 rings (SSSR count). The smallest absolute Gasteiger partial charge is 0.242 e. The summed E-state index contributed by atoms with van der Waals surface area (Å²) in [6, 6.07) is 3.11. The van der Waals surface area contributed by atoms with Crippen LogP contribution in [0.15, 0.2) is 23.1 Å². The monoisotopic (exact) mass is 309 g/mol. The summed E-state index contributed by atoms with van der Waals surface area (Å²) in [5.74, 6) is -0.599. The molecule has 0 aliphatic heterocycles. The van der Waals surface area contributed by atoms with E-state index in [1.807, 2.05) is 6.92 Å². The minimum absolute atomic E-state index is 0.135. The third-order valence-electron chi connectivity index (χ3n) is 3.01. The van der Waals surface area contributed by atoms with E-state index in [9.17, 15) is 12.8 Å². The first kappa shape index (κ1) is 16.4. The zero-order chi connectivity index (χ0) is 14.7. The van der Waals surface area contributed by atoms with Crippen LogP contribution in [0.4, 0.5) is 4.39 Å². The van der Waals surface area contributed by atoms with E-state index in [-0.39, 0.29) is 22.9 Å². The summed E-state index contributed by atoms with van der Waals surface area (Å²) in [5, 5.41) is 8.81. The van der Waals surface area contributed by atoms with Gasteiger partial charge >= 0.3 is 0 Å². The summed E-state index contributed by atoms with van der Waals surface area (Å²) < 4.78 is 39.9. The molecule has 1 aromatic carbocycles. The lowest BCUT2D eigenvalue weighted by molar-refractivity contribution is 0.233. The van der Waals surface area contributed by atoms with Gasteiger partial charge in [-0.25, -0.2) is 17.5 Å². The van der Waals surface area contributed by atoms with Gasteiger partial charge in [-0.1, -0.05) is 18.5 Å². The predicted molar refractivity (Wildman–Crippen MR) is 72.1 cm³/mol. The van der Waals surface area contributed by atoms with Crippen molar-refractivity contribution >= 4 is 21.6 Å². The molecule has 1 atom stereocenters. The fourth-order valence-electron chi connectivity index (χ4n) is 1.62. The topological polar surface area (TPSA) is 66.4 Å². The molecule has 0 fully saturated rings. The van der Waals surface area contributed by atoms with Crippen LogP contribution in [-0.2, 0) is 10.0 Å². The highest BCUT2D eigenvalue weighted by Crippen LogP contribution is 2.25. The first-order valence-electron chi connectivity index (χ1n) is 5.84. The second kappa shape index (κ2) is 6.17. The molecular weight excluding hydrogens is 293 g/mol. The molecule has 0 aliphatic rings. The van der Waals surface area contributed by atoms with Crippen molar-refractivity contribution in [1.29, 1.82) is 0 Å². The molecule has 0 spiro atoms. The molecule has 0 aromatic heterocycles. The van der Waals surface area contributed by atoms with Crippen LogP contribution in [0.2, 0.25) is 5.02 Å². The molecule has 0 heterocycles. The molecule has 0 amide bonds. The first-order chi connectivity index (χ1) is 8.74. The van der Waals surface area contributed by atoms with Gasteiger partial charge in [0.05, 0.1) is 5.02 Å². The lowest BCUT2D eigenvalue weighted by Crippen LogP contribution is -2.46. The maximum absolute atomic E-state index is 12.9. The van der Waals surface area contributed by atoms with Crippen molar-refractivity contribution in [3.05, 3.63) is 29.0 Å². The van der Waals surface area contributed by atoms with Crippen LogP contribution in [0.1, 0.15) is 26.7 Å². The minimum atomic E-state index is -3.86. The van der Waals surface area contributed by atoms with Gasteiger partial charge in [0.25, 0.3) is 0 Å². The second-order valence-electron chi connectivity index (χ2n) is 4.57. The lowest BCUT2D eigenvalue weighted by Gasteiger charge is -2.28. The van der Waals surface area contributed by atoms with Crippen molar-refractivity contribution in [3.63, 3.8) is 0 Å². The molecule has 0 saturated carbocycles. The molecule has 0 bridgehead atoms. The molecule has 108 valence electrons. The molecular formula is C12H17ClFNO3S. The maximum Gasteiger partial charge on any atom is 0.242 e. The van der Waals surface area contributed by atoms with Gasteiger partial charge in [-0.3, -0.25) is 0 Å². The Morgan fingerprint density at radius 3 is 2.58 bits per heavy atom. The third-order valence-corrected chi connectivity index (χ3v) is 5.13. The lowest BCUT2D eigenvalue weighted by atomic mass is 9.97. The minimum Gasteiger partial charge on any atom is -0.396 e. The number of sulfonamides is 1. The van der Waals surface area contributed by atoms with Gasteiger partial charge in [0, 0.05) is 12.1 Å². The molecule has 1 aromatic rings. The van der Waals surface area contributed by atoms with Crippen molar-refractivity contribution in [2.24, 2.45) is 0 Å². The highest BCUT2D eigenvalue weighted by molar-refractivity contribution is 7.89. The number of aliphatic hydroxyl groups excluding tert-OH is 1. The Hall–Kier alpha value is -0.690. The van der Waals surface area contributed by atoms with Gasteiger partial charge in [0.2, 0.25) is 10.0 Å². The normalized spacial score (nSPS) is 15.2. The molecule has 0 aliphatic carbocycles. The number of aliphatic hydroxyl groups is 1. The molecule has 0 radical (unpaired) electrons. The molecule has 0 saturated heterocycles. The van der Waals surface area contributed by atoms with Crippen LogP contribution < -0.4 is 4.72 Å². The van der Waals surface area contributed by atoms with Gasteiger partial charge in [-0.15, -0.1) is 0 Å². The summed E-state index contributed by atoms with van der Waals surface area (Å²) in [5.41, 5.74) is -0.773. The second-order valence-corrected chi connectivity index (χ2v) is 6.63. The van der Waals surface area contributed by atoms with Crippen LogP contribution in [0.5, 0.6) is 0 Å². The van der Waals surface area contributed by atoms with Crippen molar-refractivity contribution in [2.45, 2.75) is 37.1 Å². The Labute approximate surface area is 117 Å². The van der Waals surface area contributed by atoms with E-state index in [4.69, 9.17) is 16.7 Å². The molecule has 2 N–H and O–H groups in total. The van der Waals surface area contributed by atoms with Crippen LogP contribution >= 0.6 is 11.6 Å². The first-order valence-corrected chi connectivity index (χ1v) is 7.70. The number of benzene rings is 1. The predicted octanol–water partition coefficient (Wildman–Crippen LogP) is 2.31. The summed E-state index contributed by atoms with van der Waals surface area (Å²) in [6.07, 6.45) is 0.785. The number of hydrogen-bond donors (Lipinski definition) is 2. The number of hydrogen-bond acceptors (Lipinski definition) is 3. The summed E-state index contributed by atoms with van der Waals surface area (Å²) in [6.45, 7) is 3.37. The maximum atomic E-state index is 12.9. The zero-order valence-electron chi connectivity index (χ0n) is 10.8. The van der Waals surface area contributed by atoms with Gasteiger partial charge in [0.15, 0.2) is 0 Å². The van der Waals surface area contributed by atoms with E-state index in [0.29, 0.717) is 6.42 Å². The highest BCUT2D eigenvalue weighted by Gasteiger charge is 2.29. The standard InChI is InChI=1S/C12H17ClFNO3S/c1-3-12(2,6-7-16)15-19(17,18)11-5-4-9(14)8-10(11)13/h4-5,8,15-16H,3,6-7H2,1-2H3. The average Bonchev–Trinajstić information content (AvgIpc) is 2.27. The van der Waals surface area contributed by atoms with Crippen molar-refractivity contribution in [2.75, 3.05) is 6.61 Å². The van der Waals surface area contributed by atoms with Gasteiger partial charge in [0.1, 0.15) is 10.7 Å². The van der Waals surface area contributed by atoms with Crippen LogP contribution in [0.3, 0.4) is 0 Å². The van der Waals surface area contributed by atoms with Crippen molar-refractivity contribution in [3.8, 4) is 0 Å². The Morgan fingerprint density at radius 1 is 1.47 bits per heavy atom. The van der Waals surface area contributed by atoms with E-state index in [0.717, 1.165) is 18.2 Å². The van der Waals surface area contributed by atoms with Crippen LogP contribution in [-0.4, -0.2) is 25.7 Å². The molecule has 19 heavy (non-hydrogen) atoms. The van der Waals surface area contributed by atoms with Crippen molar-refractivity contribution < 1.29 is 17.9 Å². The molecule has 4 nitrogen and oxygen atoms in total. The molecule has 7 heteroatoms. The molecule has 1 unspecified atom stereocenters. The van der Waals surface area contributed by atoms with Gasteiger partial charge in [-0.05, 0) is 38.0 Å². The quantitative estimate of drug-likeness (QED) is 0.847. The fraction of sp³-hybridized carbons (Fsp3) is 0.500. The Morgan fingerprint density at radius 2 is 2.11 bits per heavy atom. The Kier molecular flexibility index (Phi) is 5.32. The van der Waals surface area contributed by atoms with E-state index >= 15 is 0 Å². The zero-order valence-corrected chi connectivity index (χ0v) is 12.4. The summed E-state index contributed by atoms with van der Waals surface area (Å²) in [4.78, 5) is -0.173. The number of nitrogens with one attached hydrogen (secondary N) is 1. The number of rotatable bonds is 6. The van der Waals surface area contributed by atoms with Crippen molar-refractivity contribution in [1.82, 2.24) is 4.72 Å². The Balaban J connectivity index is 3.10. The fourth-order valence-corrected chi connectivity index (χ4v) is 3.66. The van der Waals surface area contributed by atoms with Crippen LogP contribution in [0.25, 0.3) is 0 Å². The number of halogens is 2. The van der Waals surface area contributed by atoms with Gasteiger partial charge in [-0.2, -0.15) is 0 Å². The largest absolute Gasteiger partial charge is 0.396 e. The van der Waals surface area contributed by atoms with E-state index < -0.39 is 21.4 Å². The average molecular weight is 310 g/mol. The highest BCUT2D eigenvalue weighted by atomic mass is 35.5. The van der Waals surface area contributed by atoms with E-state index in [1.165, 1.54) is 0 Å². The van der Waals surface area contributed by atoms with E-state index in [1.54, 1.807) is 6.92 Å².